The van der Waals surface area contributed by atoms with E-state index < -0.39 is 11.7 Å². The van der Waals surface area contributed by atoms with Crippen molar-refractivity contribution in [3.63, 3.8) is 0 Å². The van der Waals surface area contributed by atoms with Crippen LogP contribution in [0.4, 0.5) is 5.69 Å². The molecule has 0 bridgehead atoms. The molecule has 0 atom stereocenters. The number of aromatic hydroxyl groups is 1. The van der Waals surface area contributed by atoms with Gasteiger partial charge in [0.15, 0.2) is 11.5 Å². The molecule has 0 aromatic heterocycles. The van der Waals surface area contributed by atoms with E-state index in [1.165, 1.54) is 54.6 Å². The van der Waals surface area contributed by atoms with Gasteiger partial charge in [0.25, 0.3) is 5.91 Å². The highest BCUT2D eigenvalue weighted by Gasteiger charge is 2.22. The van der Waals surface area contributed by atoms with Crippen molar-refractivity contribution in [3.05, 3.63) is 96.4 Å². The summed E-state index contributed by atoms with van der Waals surface area (Å²) in [4.78, 5) is 26.2. The van der Waals surface area contributed by atoms with Gasteiger partial charge in [-0.3, -0.25) is 9.59 Å². The minimum absolute atomic E-state index is 0.0321. The summed E-state index contributed by atoms with van der Waals surface area (Å²) in [6, 6.07) is 13.3. The Kier molecular flexibility index (Phi) is 7.52. The van der Waals surface area contributed by atoms with Gasteiger partial charge < -0.3 is 10.4 Å². The molecule has 9 heteroatoms. The van der Waals surface area contributed by atoms with Crippen molar-refractivity contribution in [2.75, 3.05) is 5.32 Å². The Labute approximate surface area is 202 Å². The van der Waals surface area contributed by atoms with Crippen LogP contribution in [-0.4, -0.2) is 16.8 Å². The van der Waals surface area contributed by atoms with Crippen LogP contribution in [0.2, 0.25) is 25.1 Å². The SMILES string of the molecule is O=C(Nc1cc(Cl)ccc1Cl)/C(=C\c1cc(Cl)c(O)c(Cl)c1)C(=O)c1ccc(Cl)cc1. The number of benzene rings is 3. The summed E-state index contributed by atoms with van der Waals surface area (Å²) in [5.41, 5.74) is 0.573. The first kappa shape index (κ1) is 23.5. The molecule has 0 aliphatic carbocycles. The van der Waals surface area contributed by atoms with Crippen molar-refractivity contribution >= 4 is 81.5 Å². The number of phenolic OH excluding ortho intramolecular Hbond substituents is 1. The van der Waals surface area contributed by atoms with Gasteiger partial charge in [0.05, 0.1) is 26.3 Å². The second kappa shape index (κ2) is 9.94. The molecule has 1 amide bonds. The fraction of sp³-hybridized carbons (Fsp3) is 0. The number of ketones is 1. The fourth-order valence-electron chi connectivity index (χ4n) is 2.61. The van der Waals surface area contributed by atoms with E-state index in [1.54, 1.807) is 6.07 Å². The molecule has 2 N–H and O–H groups in total. The summed E-state index contributed by atoms with van der Waals surface area (Å²) in [6.07, 6.45) is 1.31. The zero-order chi connectivity index (χ0) is 22.7. The van der Waals surface area contributed by atoms with Crippen LogP contribution < -0.4 is 5.32 Å². The number of rotatable bonds is 5. The van der Waals surface area contributed by atoms with Crippen molar-refractivity contribution in [3.8, 4) is 5.75 Å². The number of nitrogens with one attached hydrogen (secondary N) is 1. The molecule has 0 aliphatic heterocycles. The van der Waals surface area contributed by atoms with Crippen molar-refractivity contribution in [1.29, 1.82) is 0 Å². The molecule has 3 aromatic carbocycles. The van der Waals surface area contributed by atoms with Gasteiger partial charge in [-0.15, -0.1) is 0 Å². The van der Waals surface area contributed by atoms with E-state index in [0.29, 0.717) is 15.6 Å². The summed E-state index contributed by atoms with van der Waals surface area (Å²) in [5.74, 6) is -1.61. The molecule has 158 valence electrons. The maximum absolute atomic E-state index is 13.1. The monoisotopic (exact) mass is 513 g/mol. The lowest BCUT2D eigenvalue weighted by molar-refractivity contribution is -0.112. The molecule has 0 aliphatic rings. The van der Waals surface area contributed by atoms with E-state index in [0.717, 1.165) is 0 Å². The quantitative estimate of drug-likeness (QED) is 0.159. The summed E-state index contributed by atoms with van der Waals surface area (Å²) in [6.45, 7) is 0. The predicted molar refractivity (Wildman–Crippen MR) is 127 cm³/mol. The second-order valence-corrected chi connectivity index (χ2v) is 8.40. The lowest BCUT2D eigenvalue weighted by Crippen LogP contribution is -2.21. The van der Waals surface area contributed by atoms with Crippen molar-refractivity contribution in [1.82, 2.24) is 0 Å². The second-order valence-electron chi connectivity index (χ2n) is 6.31. The molecule has 0 unspecified atom stereocenters. The standard InChI is InChI=1S/C22H12Cl5NO3/c23-13-3-1-12(2-4-13)20(29)15(7-11-8-17(26)21(30)18(27)9-11)22(31)28-19-10-14(24)5-6-16(19)25/h1-10,30H,(H,28,31)/b15-7-. The molecule has 3 aromatic rings. The number of anilines is 1. The third-order valence-electron chi connectivity index (χ3n) is 4.12. The minimum Gasteiger partial charge on any atom is -0.505 e. The molecule has 31 heavy (non-hydrogen) atoms. The van der Waals surface area contributed by atoms with Crippen LogP contribution in [0.15, 0.2) is 60.2 Å². The van der Waals surface area contributed by atoms with Crippen LogP contribution >= 0.6 is 58.0 Å². The Bertz CT molecular complexity index is 1180. The Balaban J connectivity index is 2.07. The summed E-state index contributed by atoms with van der Waals surface area (Å²) in [5, 5.41) is 13.3. The van der Waals surface area contributed by atoms with Gasteiger partial charge in [0, 0.05) is 15.6 Å². The number of halogens is 5. The van der Waals surface area contributed by atoms with Gasteiger partial charge >= 0.3 is 0 Å². The smallest absolute Gasteiger partial charge is 0.259 e. The van der Waals surface area contributed by atoms with Gasteiger partial charge in [0.2, 0.25) is 0 Å². The highest BCUT2D eigenvalue weighted by molar-refractivity contribution is 6.38. The van der Waals surface area contributed by atoms with E-state index in [2.05, 4.69) is 5.32 Å². The van der Waals surface area contributed by atoms with Crippen LogP contribution in [0.1, 0.15) is 15.9 Å². The molecule has 0 saturated carbocycles. The Morgan fingerprint density at radius 3 is 1.97 bits per heavy atom. The number of carbonyl (C=O) groups is 2. The molecule has 0 spiro atoms. The van der Waals surface area contributed by atoms with Gasteiger partial charge in [0.1, 0.15) is 0 Å². The first-order valence-electron chi connectivity index (χ1n) is 8.62. The van der Waals surface area contributed by atoms with E-state index >= 15 is 0 Å². The highest BCUT2D eigenvalue weighted by atomic mass is 35.5. The normalized spacial score (nSPS) is 11.3. The Morgan fingerprint density at radius 2 is 1.35 bits per heavy atom. The highest BCUT2D eigenvalue weighted by Crippen LogP contribution is 2.34. The zero-order valence-electron chi connectivity index (χ0n) is 15.4. The van der Waals surface area contributed by atoms with Crippen molar-refractivity contribution in [2.45, 2.75) is 0 Å². The molecule has 3 rings (SSSR count). The molecule has 0 heterocycles. The average molecular weight is 516 g/mol. The fourth-order valence-corrected chi connectivity index (χ4v) is 3.58. The van der Waals surface area contributed by atoms with Crippen LogP contribution in [0.5, 0.6) is 5.75 Å². The topological polar surface area (TPSA) is 66.4 Å². The van der Waals surface area contributed by atoms with Crippen LogP contribution in [0.25, 0.3) is 6.08 Å². The van der Waals surface area contributed by atoms with E-state index in [1.807, 2.05) is 0 Å². The molecule has 0 fully saturated rings. The summed E-state index contributed by atoms with van der Waals surface area (Å²) >= 11 is 29.9. The lowest BCUT2D eigenvalue weighted by Gasteiger charge is -2.11. The largest absolute Gasteiger partial charge is 0.505 e. The third kappa shape index (κ3) is 5.73. The number of carbonyl (C=O) groups excluding carboxylic acids is 2. The van der Waals surface area contributed by atoms with Crippen LogP contribution in [0.3, 0.4) is 0 Å². The molecule has 4 nitrogen and oxygen atoms in total. The summed E-state index contributed by atoms with van der Waals surface area (Å²) < 4.78 is 0. The molecule has 0 saturated heterocycles. The Morgan fingerprint density at radius 1 is 0.774 bits per heavy atom. The lowest BCUT2D eigenvalue weighted by atomic mass is 10.00. The van der Waals surface area contributed by atoms with Crippen LogP contribution in [-0.2, 0) is 4.79 Å². The van der Waals surface area contributed by atoms with Crippen molar-refractivity contribution in [2.24, 2.45) is 0 Å². The molecular formula is C22H12Cl5NO3. The first-order chi connectivity index (χ1) is 14.7. The van der Waals surface area contributed by atoms with Gasteiger partial charge in [-0.25, -0.2) is 0 Å². The molecule has 0 radical (unpaired) electrons. The van der Waals surface area contributed by atoms with Crippen molar-refractivity contribution < 1.29 is 14.7 Å². The predicted octanol–water partition coefficient (Wildman–Crippen LogP) is 7.56. The van der Waals surface area contributed by atoms with Gasteiger partial charge in [-0.05, 0) is 66.2 Å². The zero-order valence-corrected chi connectivity index (χ0v) is 19.2. The Hall–Kier alpha value is -2.21. The number of Topliss-reactive ketones (excluding diaryl/α,β-unsaturated/α-hetero) is 1. The number of hydrogen-bond donors (Lipinski definition) is 2. The number of phenols is 1. The third-order valence-corrected chi connectivity index (χ3v) is 5.52. The van der Waals surface area contributed by atoms with E-state index in [9.17, 15) is 14.7 Å². The van der Waals surface area contributed by atoms with Gasteiger partial charge in [-0.1, -0.05) is 58.0 Å². The molecular weight excluding hydrogens is 504 g/mol. The first-order valence-corrected chi connectivity index (χ1v) is 10.5. The maximum atomic E-state index is 13.1. The van der Waals surface area contributed by atoms with Gasteiger partial charge in [-0.2, -0.15) is 0 Å². The number of hydrogen-bond acceptors (Lipinski definition) is 3. The minimum atomic E-state index is -0.732. The average Bonchev–Trinajstić information content (AvgIpc) is 2.72. The van der Waals surface area contributed by atoms with E-state index in [4.69, 9.17) is 58.0 Å². The van der Waals surface area contributed by atoms with E-state index in [-0.39, 0.29) is 37.6 Å². The maximum Gasteiger partial charge on any atom is 0.259 e. The van der Waals surface area contributed by atoms with Crippen LogP contribution in [0, 0.1) is 0 Å². The number of amides is 1. The summed E-state index contributed by atoms with van der Waals surface area (Å²) in [7, 11) is 0.